The molecule has 3 rings (SSSR count). The first-order valence-corrected chi connectivity index (χ1v) is 9.82. The van der Waals surface area contributed by atoms with Gasteiger partial charge in [0.2, 0.25) is 16.0 Å². The minimum atomic E-state index is -4.55. The zero-order valence-electron chi connectivity index (χ0n) is 13.3. The van der Waals surface area contributed by atoms with Crippen LogP contribution in [-0.4, -0.2) is 48.9 Å². The third kappa shape index (κ3) is 3.99. The average molecular weight is 451 g/mol. The molecule has 0 radical (unpaired) electrons. The van der Waals surface area contributed by atoms with Gasteiger partial charge in [-0.1, -0.05) is 22.0 Å². The van der Waals surface area contributed by atoms with Gasteiger partial charge in [0.1, 0.15) is 5.69 Å². The Labute approximate surface area is 156 Å². The van der Waals surface area contributed by atoms with Crippen LogP contribution in [0.2, 0.25) is 0 Å². The number of piperazine rings is 1. The van der Waals surface area contributed by atoms with Gasteiger partial charge in [-0.15, -0.1) is 0 Å². The van der Waals surface area contributed by atoms with E-state index in [1.54, 1.807) is 17.0 Å². The van der Waals surface area contributed by atoms with Crippen molar-refractivity contribution in [2.45, 2.75) is 11.1 Å². The van der Waals surface area contributed by atoms with E-state index in [1.807, 2.05) is 0 Å². The summed E-state index contributed by atoms with van der Waals surface area (Å²) in [4.78, 5) is 9.12. The molecule has 0 bridgehead atoms. The number of nitrogens with zero attached hydrogens (tertiary/aromatic N) is 4. The van der Waals surface area contributed by atoms with Crippen molar-refractivity contribution in [1.29, 1.82) is 0 Å². The summed E-state index contributed by atoms with van der Waals surface area (Å²) in [6.07, 6.45) is -3.50. The van der Waals surface area contributed by atoms with Crippen LogP contribution in [0.15, 0.2) is 45.9 Å². The summed E-state index contributed by atoms with van der Waals surface area (Å²) in [7, 11) is -3.67. The van der Waals surface area contributed by atoms with Gasteiger partial charge in [-0.25, -0.2) is 18.4 Å². The molecule has 1 aliphatic rings. The number of sulfonamides is 1. The Bertz CT molecular complexity index is 900. The summed E-state index contributed by atoms with van der Waals surface area (Å²) in [5.41, 5.74) is -1.02. The van der Waals surface area contributed by atoms with E-state index in [0.717, 1.165) is 12.3 Å². The van der Waals surface area contributed by atoms with E-state index in [4.69, 9.17) is 0 Å². The number of halogens is 4. The van der Waals surface area contributed by atoms with Crippen molar-refractivity contribution in [3.63, 3.8) is 0 Å². The SMILES string of the molecule is O=S(=O)(c1cccc(Br)c1)N1CCN(c2nccc(C(F)(F)F)n2)CC1. The van der Waals surface area contributed by atoms with Crippen molar-refractivity contribution in [3.05, 3.63) is 46.7 Å². The normalized spacial score (nSPS) is 16.7. The first-order chi connectivity index (χ1) is 12.2. The lowest BCUT2D eigenvalue weighted by Crippen LogP contribution is -2.49. The molecule has 0 atom stereocenters. The third-order valence-corrected chi connectivity index (χ3v) is 6.28. The zero-order valence-corrected chi connectivity index (χ0v) is 15.7. The van der Waals surface area contributed by atoms with Crippen LogP contribution in [-0.2, 0) is 16.2 Å². The van der Waals surface area contributed by atoms with E-state index in [9.17, 15) is 21.6 Å². The fourth-order valence-corrected chi connectivity index (χ4v) is 4.58. The predicted molar refractivity (Wildman–Crippen MR) is 92.1 cm³/mol. The minimum absolute atomic E-state index is 0.0562. The second-order valence-electron chi connectivity index (χ2n) is 5.59. The van der Waals surface area contributed by atoms with Crippen LogP contribution in [0.3, 0.4) is 0 Å². The average Bonchev–Trinajstić information content (AvgIpc) is 2.61. The highest BCUT2D eigenvalue weighted by Gasteiger charge is 2.34. The van der Waals surface area contributed by atoms with E-state index in [0.29, 0.717) is 4.47 Å². The highest BCUT2D eigenvalue weighted by molar-refractivity contribution is 9.10. The summed E-state index contributed by atoms with van der Waals surface area (Å²) in [6.45, 7) is 0.673. The van der Waals surface area contributed by atoms with Gasteiger partial charge in [-0.3, -0.25) is 0 Å². The molecule has 140 valence electrons. The Morgan fingerprint density at radius 2 is 1.77 bits per heavy atom. The van der Waals surface area contributed by atoms with Crippen LogP contribution in [0.25, 0.3) is 0 Å². The van der Waals surface area contributed by atoms with Gasteiger partial charge in [0.15, 0.2) is 0 Å². The molecule has 2 heterocycles. The quantitative estimate of drug-likeness (QED) is 0.719. The van der Waals surface area contributed by atoms with Crippen LogP contribution >= 0.6 is 15.9 Å². The Hall–Kier alpha value is -1.72. The maximum atomic E-state index is 12.8. The number of benzene rings is 1. The molecule has 1 aliphatic heterocycles. The maximum Gasteiger partial charge on any atom is 0.433 e. The second-order valence-corrected chi connectivity index (χ2v) is 8.44. The topological polar surface area (TPSA) is 66.4 Å². The molecule has 1 aromatic heterocycles. The van der Waals surface area contributed by atoms with Crippen LogP contribution in [0.5, 0.6) is 0 Å². The van der Waals surface area contributed by atoms with Crippen molar-refractivity contribution >= 4 is 31.9 Å². The third-order valence-electron chi connectivity index (χ3n) is 3.89. The van der Waals surface area contributed by atoms with Crippen molar-refractivity contribution < 1.29 is 21.6 Å². The minimum Gasteiger partial charge on any atom is -0.338 e. The lowest BCUT2D eigenvalue weighted by atomic mass is 10.3. The van der Waals surface area contributed by atoms with E-state index < -0.39 is 21.9 Å². The predicted octanol–water partition coefficient (Wildman–Crippen LogP) is 2.77. The van der Waals surface area contributed by atoms with E-state index >= 15 is 0 Å². The summed E-state index contributed by atoms with van der Waals surface area (Å²) >= 11 is 3.24. The molecular weight excluding hydrogens is 437 g/mol. The molecule has 0 spiro atoms. The summed E-state index contributed by atoms with van der Waals surface area (Å²) in [6, 6.07) is 7.17. The Kier molecular flexibility index (Phi) is 5.22. The fourth-order valence-electron chi connectivity index (χ4n) is 2.56. The molecule has 26 heavy (non-hydrogen) atoms. The molecule has 11 heteroatoms. The van der Waals surface area contributed by atoms with Crippen molar-refractivity contribution in [2.24, 2.45) is 0 Å². The number of anilines is 1. The molecule has 2 aromatic rings. The lowest BCUT2D eigenvalue weighted by molar-refractivity contribution is -0.141. The van der Waals surface area contributed by atoms with Crippen LogP contribution in [0.1, 0.15) is 5.69 Å². The summed E-state index contributed by atoms with van der Waals surface area (Å²) in [5, 5.41) is 0. The van der Waals surface area contributed by atoms with Gasteiger partial charge in [0.25, 0.3) is 0 Å². The first-order valence-electron chi connectivity index (χ1n) is 7.59. The van der Waals surface area contributed by atoms with Gasteiger partial charge in [0.05, 0.1) is 4.90 Å². The van der Waals surface area contributed by atoms with Gasteiger partial charge in [0, 0.05) is 36.8 Å². The molecule has 1 fully saturated rings. The molecule has 0 unspecified atom stereocenters. The second kappa shape index (κ2) is 7.12. The standard InChI is InChI=1S/C15H14BrF3N4O2S/c16-11-2-1-3-12(10-11)26(24,25)23-8-6-22(7-9-23)14-20-5-4-13(21-14)15(17,18)19/h1-5,10H,6-9H2. The summed E-state index contributed by atoms with van der Waals surface area (Å²) < 4.78 is 65.6. The Morgan fingerprint density at radius 1 is 1.08 bits per heavy atom. The fraction of sp³-hybridized carbons (Fsp3) is 0.333. The maximum absolute atomic E-state index is 12.8. The number of alkyl halides is 3. The first kappa shape index (κ1) is 19.1. The van der Waals surface area contributed by atoms with Gasteiger partial charge in [-0.2, -0.15) is 17.5 Å². The monoisotopic (exact) mass is 450 g/mol. The van der Waals surface area contributed by atoms with Gasteiger partial charge >= 0.3 is 6.18 Å². The Morgan fingerprint density at radius 3 is 2.38 bits per heavy atom. The highest BCUT2D eigenvalue weighted by Crippen LogP contribution is 2.28. The highest BCUT2D eigenvalue weighted by atomic mass is 79.9. The van der Waals surface area contributed by atoms with E-state index in [1.165, 1.54) is 16.4 Å². The largest absolute Gasteiger partial charge is 0.433 e. The number of hydrogen-bond donors (Lipinski definition) is 0. The number of rotatable bonds is 3. The van der Waals surface area contributed by atoms with E-state index in [2.05, 4.69) is 25.9 Å². The molecule has 0 saturated carbocycles. The molecule has 1 aromatic carbocycles. The van der Waals surface area contributed by atoms with Crippen LogP contribution in [0.4, 0.5) is 19.1 Å². The number of aromatic nitrogens is 2. The number of hydrogen-bond acceptors (Lipinski definition) is 5. The van der Waals surface area contributed by atoms with Gasteiger partial charge < -0.3 is 4.90 Å². The van der Waals surface area contributed by atoms with Crippen LogP contribution < -0.4 is 4.90 Å². The van der Waals surface area contributed by atoms with Crippen molar-refractivity contribution in [2.75, 3.05) is 31.1 Å². The molecule has 6 nitrogen and oxygen atoms in total. The zero-order chi connectivity index (χ0) is 18.9. The molecule has 1 saturated heterocycles. The molecular formula is C15H14BrF3N4O2S. The molecule has 0 aliphatic carbocycles. The van der Waals surface area contributed by atoms with Gasteiger partial charge in [-0.05, 0) is 24.3 Å². The Balaban J connectivity index is 1.73. The van der Waals surface area contributed by atoms with E-state index in [-0.39, 0.29) is 37.0 Å². The smallest absolute Gasteiger partial charge is 0.338 e. The summed E-state index contributed by atoms with van der Waals surface area (Å²) in [5.74, 6) is -0.0562. The molecule has 0 amide bonds. The van der Waals surface area contributed by atoms with Crippen LogP contribution in [0, 0.1) is 0 Å². The van der Waals surface area contributed by atoms with Crippen molar-refractivity contribution in [3.8, 4) is 0 Å². The lowest BCUT2D eigenvalue weighted by Gasteiger charge is -2.34. The van der Waals surface area contributed by atoms with Crippen molar-refractivity contribution in [1.82, 2.24) is 14.3 Å². The molecule has 0 N–H and O–H groups in total.